The first-order valence-electron chi connectivity index (χ1n) is 17.2. The van der Waals surface area contributed by atoms with E-state index in [1.807, 2.05) is 0 Å². The second-order valence-electron chi connectivity index (χ2n) is 11.7. The van der Waals surface area contributed by atoms with E-state index in [4.69, 9.17) is 14.7 Å². The molecule has 3 N–H and O–H groups in total. The van der Waals surface area contributed by atoms with Crippen LogP contribution in [0.3, 0.4) is 0 Å². The third kappa shape index (κ3) is 45.3. The van der Waals surface area contributed by atoms with Gasteiger partial charge in [-0.1, -0.05) is 181 Å². The third-order valence-corrected chi connectivity index (χ3v) is 8.88. The van der Waals surface area contributed by atoms with Gasteiger partial charge >= 0.3 is 15.9 Å². The van der Waals surface area contributed by atoms with Crippen molar-refractivity contribution in [2.45, 2.75) is 194 Å². The molecule has 1 unspecified atom stereocenters. The number of rotatable bonds is 31. The van der Waals surface area contributed by atoms with Gasteiger partial charge in [0, 0.05) is 6.16 Å². The van der Waals surface area contributed by atoms with E-state index in [2.05, 4.69) is 18.4 Å². The zero-order chi connectivity index (χ0) is 30.0. The molecule has 0 aliphatic carbocycles. The highest BCUT2D eigenvalue weighted by Crippen LogP contribution is 2.35. The Morgan fingerprint density at radius 2 is 0.725 bits per heavy atom. The first kappa shape index (κ1) is 42.4. The lowest BCUT2D eigenvalue weighted by Gasteiger charge is -2.04. The molecule has 6 nitrogen and oxygen atoms in total. The van der Waals surface area contributed by atoms with E-state index in [-0.39, 0.29) is 6.16 Å². The van der Waals surface area contributed by atoms with E-state index < -0.39 is 15.9 Å². The van der Waals surface area contributed by atoms with Crippen molar-refractivity contribution >= 4 is 15.9 Å². The Kier molecular flexibility index (Phi) is 37.7. The lowest BCUT2D eigenvalue weighted by molar-refractivity contribution is 0.273. The van der Waals surface area contributed by atoms with E-state index in [0.29, 0.717) is 13.0 Å². The third-order valence-electron chi connectivity index (χ3n) is 7.53. The van der Waals surface area contributed by atoms with Crippen LogP contribution in [-0.2, 0) is 13.7 Å². The van der Waals surface area contributed by atoms with Crippen molar-refractivity contribution in [3.8, 4) is 0 Å². The average Bonchev–Trinajstić information content (AvgIpc) is 2.90. The van der Waals surface area contributed by atoms with E-state index in [1.54, 1.807) is 0 Å². The van der Waals surface area contributed by atoms with Crippen LogP contribution in [0, 0.1) is 0 Å². The molecule has 0 aliphatic rings. The van der Waals surface area contributed by atoms with Crippen molar-refractivity contribution in [2.75, 3.05) is 12.8 Å². The molecule has 244 valence electrons. The Bertz CT molecular complexity index is 541. The molecular weight excluding hydrogens is 542 g/mol. The fourth-order valence-electron chi connectivity index (χ4n) is 4.97. The van der Waals surface area contributed by atoms with Crippen LogP contribution in [-0.4, -0.2) is 27.4 Å². The molecule has 0 rings (SSSR count). The average molecular weight is 613 g/mol. The van der Waals surface area contributed by atoms with Gasteiger partial charge in [-0.2, -0.15) is 0 Å². The van der Waals surface area contributed by atoms with Crippen molar-refractivity contribution in [3.05, 3.63) is 0 Å². The molecule has 40 heavy (non-hydrogen) atoms. The van der Waals surface area contributed by atoms with Crippen LogP contribution in [0.25, 0.3) is 0 Å². The first-order valence-corrected chi connectivity index (χ1v) is 20.3. The Labute approximate surface area is 250 Å². The molecular formula is C32H70O6P2. The number of hydrogen-bond acceptors (Lipinski definition) is 3. The quantitative estimate of drug-likeness (QED) is 0.0531. The van der Waals surface area contributed by atoms with Crippen molar-refractivity contribution < 1.29 is 28.3 Å². The SMILES string of the molecule is CCCCCCCCCCCCCCCCO[PH](=O)O.CCCCCCCCCCCCCCCCP(=O)(O)O. The van der Waals surface area contributed by atoms with Crippen LogP contribution in [0.5, 0.6) is 0 Å². The van der Waals surface area contributed by atoms with Crippen LogP contribution in [0.1, 0.15) is 194 Å². The molecule has 0 heterocycles. The summed E-state index contributed by atoms with van der Waals surface area (Å²) >= 11 is 0. The van der Waals surface area contributed by atoms with Gasteiger partial charge in [0.05, 0.1) is 6.61 Å². The molecule has 0 aromatic carbocycles. The Morgan fingerprint density at radius 1 is 0.475 bits per heavy atom. The summed E-state index contributed by atoms with van der Waals surface area (Å²) in [6.07, 6.45) is 36.2. The zero-order valence-corrected chi connectivity index (χ0v) is 28.6. The molecule has 0 amide bonds. The van der Waals surface area contributed by atoms with Crippen LogP contribution in [0.2, 0.25) is 0 Å². The topological polar surface area (TPSA) is 104 Å². The summed E-state index contributed by atoms with van der Waals surface area (Å²) in [5.74, 6) is 0. The highest BCUT2D eigenvalue weighted by Gasteiger charge is 2.10. The minimum atomic E-state index is -3.75. The van der Waals surface area contributed by atoms with E-state index >= 15 is 0 Å². The van der Waals surface area contributed by atoms with Gasteiger partial charge in [-0.3, -0.25) is 9.13 Å². The van der Waals surface area contributed by atoms with Crippen molar-refractivity contribution in [2.24, 2.45) is 0 Å². The van der Waals surface area contributed by atoms with E-state index in [9.17, 15) is 9.13 Å². The summed E-state index contributed by atoms with van der Waals surface area (Å²) in [6, 6.07) is 0. The Morgan fingerprint density at radius 3 is 0.975 bits per heavy atom. The second-order valence-corrected chi connectivity index (χ2v) is 14.3. The fourth-order valence-corrected chi connectivity index (χ4v) is 5.92. The maximum absolute atomic E-state index is 10.6. The summed E-state index contributed by atoms with van der Waals surface area (Å²) in [6.45, 7) is 4.96. The van der Waals surface area contributed by atoms with Gasteiger partial charge in [-0.15, -0.1) is 0 Å². The van der Waals surface area contributed by atoms with Crippen LogP contribution in [0.15, 0.2) is 0 Å². The largest absolute Gasteiger partial charge is 0.326 e. The van der Waals surface area contributed by atoms with E-state index in [1.165, 1.54) is 148 Å². The van der Waals surface area contributed by atoms with Crippen molar-refractivity contribution in [1.29, 1.82) is 0 Å². The predicted octanol–water partition coefficient (Wildman–Crippen LogP) is 11.5. The molecule has 0 aliphatic heterocycles. The van der Waals surface area contributed by atoms with Gasteiger partial charge in [-0.25, -0.2) is 0 Å². The smallest absolute Gasteiger partial charge is 0.325 e. The highest BCUT2D eigenvalue weighted by molar-refractivity contribution is 7.51. The Balaban J connectivity index is 0. The van der Waals surface area contributed by atoms with Crippen LogP contribution >= 0.6 is 15.9 Å². The highest BCUT2D eigenvalue weighted by atomic mass is 31.2. The second kappa shape index (κ2) is 35.5. The van der Waals surface area contributed by atoms with Gasteiger partial charge < -0.3 is 19.2 Å². The molecule has 0 bridgehead atoms. The zero-order valence-electron chi connectivity index (χ0n) is 26.7. The molecule has 0 fully saturated rings. The first-order chi connectivity index (χ1) is 19.3. The lowest BCUT2D eigenvalue weighted by atomic mass is 10.0. The minimum absolute atomic E-state index is 0.0605. The van der Waals surface area contributed by atoms with Gasteiger partial charge in [0.25, 0.3) is 0 Å². The fraction of sp³-hybridized carbons (Fsp3) is 1.00. The van der Waals surface area contributed by atoms with Crippen LogP contribution < -0.4 is 0 Å². The maximum Gasteiger partial charge on any atom is 0.325 e. The molecule has 0 saturated heterocycles. The van der Waals surface area contributed by atoms with Crippen molar-refractivity contribution in [1.82, 2.24) is 0 Å². The summed E-state index contributed by atoms with van der Waals surface area (Å²) in [5, 5.41) is 0. The molecule has 0 aromatic heterocycles. The monoisotopic (exact) mass is 612 g/mol. The van der Waals surface area contributed by atoms with Gasteiger partial charge in [0.1, 0.15) is 0 Å². The normalized spacial score (nSPS) is 12.3. The maximum atomic E-state index is 10.6. The molecule has 8 heteroatoms. The van der Waals surface area contributed by atoms with Gasteiger partial charge in [-0.05, 0) is 12.8 Å². The van der Waals surface area contributed by atoms with Gasteiger partial charge in [0.15, 0.2) is 0 Å². The molecule has 0 aromatic rings. The molecule has 0 spiro atoms. The minimum Gasteiger partial charge on any atom is -0.326 e. The lowest BCUT2D eigenvalue weighted by Crippen LogP contribution is -1.88. The summed E-state index contributed by atoms with van der Waals surface area (Å²) in [4.78, 5) is 25.9. The van der Waals surface area contributed by atoms with Gasteiger partial charge in [0.2, 0.25) is 0 Å². The summed E-state index contributed by atoms with van der Waals surface area (Å²) in [5.41, 5.74) is 0. The predicted molar refractivity (Wildman–Crippen MR) is 175 cm³/mol. The molecule has 0 saturated carbocycles. The Hall–Kier alpha value is 0.300. The van der Waals surface area contributed by atoms with E-state index in [0.717, 1.165) is 25.7 Å². The standard InChI is InChI=1S/2C16H35O3P/c1-2-3-4-5-6-7-8-9-10-11-12-13-14-15-16-20(17,18)19;1-2-3-4-5-6-7-8-9-10-11-12-13-14-15-16-19-20(17)18/h2-16H2,1H3,(H2,17,18,19);20H,2-16H2,1H3,(H,17,18). The summed E-state index contributed by atoms with van der Waals surface area (Å²) < 4.78 is 25.6. The molecule has 1 atom stereocenters. The molecule has 0 radical (unpaired) electrons. The summed E-state index contributed by atoms with van der Waals surface area (Å²) in [7, 11) is -6.45. The van der Waals surface area contributed by atoms with Crippen molar-refractivity contribution in [3.63, 3.8) is 0 Å². The number of hydrogen-bond donors (Lipinski definition) is 3. The van der Waals surface area contributed by atoms with Crippen LogP contribution in [0.4, 0.5) is 0 Å². The number of unbranched alkanes of at least 4 members (excludes halogenated alkanes) is 26.